The maximum Gasteiger partial charge on any atom is 0.0579 e. The Labute approximate surface area is 39.4 Å². The summed E-state index contributed by atoms with van der Waals surface area (Å²) in [6.07, 6.45) is 0. The second-order valence-electron chi connectivity index (χ2n) is 0. The van der Waals surface area contributed by atoms with Crippen LogP contribution in [0.1, 0.15) is 0 Å². The molecule has 5 heteroatoms. The SMILES string of the molecule is O.OCl.OCl. The summed E-state index contributed by atoms with van der Waals surface area (Å²) >= 11 is 7.28. The van der Waals surface area contributed by atoms with Gasteiger partial charge in [-0.2, -0.15) is 0 Å². The Kier molecular flexibility index (Phi) is 906. The van der Waals surface area contributed by atoms with Gasteiger partial charge in [-0.1, -0.05) is 0 Å². The van der Waals surface area contributed by atoms with Gasteiger partial charge >= 0.3 is 0 Å². The molecule has 0 saturated heterocycles. The Bertz CT molecular complexity index is 4.85. The molecule has 0 aliphatic rings. The van der Waals surface area contributed by atoms with E-state index in [-0.39, 0.29) is 5.48 Å². The van der Waals surface area contributed by atoms with E-state index in [9.17, 15) is 0 Å². The van der Waals surface area contributed by atoms with Gasteiger partial charge in [0.2, 0.25) is 0 Å². The van der Waals surface area contributed by atoms with Crippen LogP contribution >= 0.6 is 23.7 Å². The van der Waals surface area contributed by atoms with Gasteiger partial charge in [-0.3, -0.25) is 9.32 Å². The van der Waals surface area contributed by atoms with Crippen molar-refractivity contribution in [1.29, 1.82) is 0 Å². The molecule has 0 atom stereocenters. The lowest BCUT2D eigenvalue weighted by atomic mass is 15.9. The molecule has 0 aromatic carbocycles. The third kappa shape index (κ3) is 128. The van der Waals surface area contributed by atoms with Crippen molar-refractivity contribution < 1.29 is 14.8 Å². The quantitative estimate of drug-likeness (QED) is 0.453. The van der Waals surface area contributed by atoms with Gasteiger partial charge in [0.25, 0.3) is 0 Å². The molecule has 0 amide bonds. The summed E-state index contributed by atoms with van der Waals surface area (Å²) < 4.78 is 12.9. The molecule has 5 heavy (non-hydrogen) atoms. The Morgan fingerprint density at radius 1 is 0.800 bits per heavy atom. The molecule has 0 aliphatic carbocycles. The van der Waals surface area contributed by atoms with Crippen LogP contribution in [-0.4, -0.2) is 14.8 Å². The molecule has 0 aromatic rings. The van der Waals surface area contributed by atoms with Crippen LogP contribution in [0.25, 0.3) is 0 Å². The summed E-state index contributed by atoms with van der Waals surface area (Å²) in [4.78, 5) is 0. The third-order valence-electron chi connectivity index (χ3n) is 0. The van der Waals surface area contributed by atoms with Crippen LogP contribution in [0.4, 0.5) is 0 Å². The van der Waals surface area contributed by atoms with Crippen LogP contribution in [0.2, 0.25) is 0 Å². The van der Waals surface area contributed by atoms with Gasteiger partial charge in [0.1, 0.15) is 0 Å². The molecule has 0 spiro atoms. The fourth-order valence-electron chi connectivity index (χ4n) is 0. The maximum absolute atomic E-state index is 6.47. The van der Waals surface area contributed by atoms with Crippen molar-refractivity contribution in [3.63, 3.8) is 0 Å². The van der Waals surface area contributed by atoms with Crippen LogP contribution in [0, 0.1) is 0 Å². The van der Waals surface area contributed by atoms with Crippen LogP contribution in [0.15, 0.2) is 0 Å². The van der Waals surface area contributed by atoms with E-state index in [1.54, 1.807) is 0 Å². The predicted molar refractivity (Wildman–Crippen MR) is 19.8 cm³/mol. The first-order valence-electron chi connectivity index (χ1n) is 0.338. The molecular formula is H4Cl2O3. The second kappa shape index (κ2) is 252. The van der Waals surface area contributed by atoms with Crippen molar-refractivity contribution in [1.82, 2.24) is 0 Å². The summed E-state index contributed by atoms with van der Waals surface area (Å²) in [5, 5.41) is 0. The van der Waals surface area contributed by atoms with Crippen LogP contribution in [0.3, 0.4) is 0 Å². The van der Waals surface area contributed by atoms with Gasteiger partial charge in [-0.05, 0) is 0 Å². The highest BCUT2D eigenvalue weighted by molar-refractivity contribution is 6.05. The first-order valence-corrected chi connectivity index (χ1v) is 1.01. The van der Waals surface area contributed by atoms with E-state index in [2.05, 4.69) is 23.7 Å². The monoisotopic (exact) mass is 122 g/mol. The van der Waals surface area contributed by atoms with E-state index in [1.807, 2.05) is 0 Å². The molecular weight excluding hydrogens is 119 g/mol. The lowest BCUT2D eigenvalue weighted by Gasteiger charge is -1.13. The van der Waals surface area contributed by atoms with Crippen molar-refractivity contribution in [2.75, 3.05) is 0 Å². The molecule has 36 valence electrons. The molecule has 0 saturated carbocycles. The minimum absolute atomic E-state index is 0. The number of rotatable bonds is 0. The third-order valence-corrected chi connectivity index (χ3v) is 0. The van der Waals surface area contributed by atoms with Gasteiger partial charge in [0.15, 0.2) is 0 Å². The average Bonchev–Trinajstić information content (AvgIpc) is 1.50. The van der Waals surface area contributed by atoms with E-state index in [0.29, 0.717) is 0 Å². The molecule has 4 N–H and O–H groups in total. The summed E-state index contributed by atoms with van der Waals surface area (Å²) in [5.74, 6) is 0. The minimum atomic E-state index is 0. The Morgan fingerprint density at radius 3 is 0.800 bits per heavy atom. The lowest BCUT2D eigenvalue weighted by Crippen LogP contribution is -0.913. The predicted octanol–water partition coefficient (Wildman–Crippen LogP) is -0.560. The van der Waals surface area contributed by atoms with Crippen molar-refractivity contribution in [3.8, 4) is 0 Å². The zero-order valence-corrected chi connectivity index (χ0v) is 3.66. The smallest absolute Gasteiger partial charge is 0.0579 e. The van der Waals surface area contributed by atoms with E-state index < -0.39 is 0 Å². The highest BCUT2D eigenvalue weighted by Gasteiger charge is 0.899. The van der Waals surface area contributed by atoms with Crippen molar-refractivity contribution in [3.05, 3.63) is 0 Å². The summed E-state index contributed by atoms with van der Waals surface area (Å²) in [7, 11) is 0. The normalized spacial score (nSPS) is 2.40. The molecule has 0 radical (unpaired) electrons. The van der Waals surface area contributed by atoms with Crippen LogP contribution in [-0.2, 0) is 0 Å². The van der Waals surface area contributed by atoms with Gasteiger partial charge in [0.05, 0.1) is 23.7 Å². The highest BCUT2D eigenvalue weighted by atomic mass is 35.5. The first kappa shape index (κ1) is 17.9. The molecule has 0 unspecified atom stereocenters. The maximum atomic E-state index is 6.47. The standard InChI is InChI=1S/2ClHO.H2O/c2*1-2;/h2*2H;1H2. The van der Waals surface area contributed by atoms with Crippen molar-refractivity contribution in [2.24, 2.45) is 0 Å². The number of halogens is 2. The van der Waals surface area contributed by atoms with Gasteiger partial charge < -0.3 is 5.48 Å². The summed E-state index contributed by atoms with van der Waals surface area (Å²) in [6, 6.07) is 0. The lowest BCUT2D eigenvalue weighted by molar-refractivity contribution is 0.632. The van der Waals surface area contributed by atoms with E-state index in [0.717, 1.165) is 0 Å². The summed E-state index contributed by atoms with van der Waals surface area (Å²) in [6.45, 7) is 0. The summed E-state index contributed by atoms with van der Waals surface area (Å²) in [5.41, 5.74) is 0. The fourth-order valence-corrected chi connectivity index (χ4v) is 0. The van der Waals surface area contributed by atoms with Crippen LogP contribution in [0.5, 0.6) is 0 Å². The van der Waals surface area contributed by atoms with Crippen molar-refractivity contribution in [2.45, 2.75) is 0 Å². The van der Waals surface area contributed by atoms with Crippen molar-refractivity contribution >= 4 is 23.7 Å². The zero-order valence-electron chi connectivity index (χ0n) is 2.15. The zero-order chi connectivity index (χ0) is 4.00. The first-order chi connectivity index (χ1) is 2.00. The Morgan fingerprint density at radius 2 is 0.800 bits per heavy atom. The molecule has 0 rings (SSSR count). The fraction of sp³-hybridized carbons (Fsp3) is 0. The second-order valence-corrected chi connectivity index (χ2v) is 0. The van der Waals surface area contributed by atoms with Gasteiger partial charge in [0, 0.05) is 0 Å². The van der Waals surface area contributed by atoms with E-state index in [1.165, 1.54) is 0 Å². The Hall–Kier alpha value is 0.460. The minimum Gasteiger partial charge on any atom is -0.412 e. The Balaban J connectivity index is -0.0000000133. The topological polar surface area (TPSA) is 72.0 Å². The number of hydrogen-bond donors (Lipinski definition) is 2. The largest absolute Gasteiger partial charge is 0.412 e. The molecule has 0 aromatic heterocycles. The molecule has 3 nitrogen and oxygen atoms in total. The molecule has 0 aliphatic heterocycles. The molecule has 0 heterocycles. The van der Waals surface area contributed by atoms with E-state index >= 15 is 0 Å². The van der Waals surface area contributed by atoms with Crippen LogP contribution < -0.4 is 0 Å². The number of hydrogen-bond acceptors (Lipinski definition) is 2. The highest BCUT2D eigenvalue weighted by Crippen LogP contribution is 1.32. The molecule has 0 fully saturated rings. The van der Waals surface area contributed by atoms with Gasteiger partial charge in [-0.25, -0.2) is 0 Å². The average molecular weight is 123 g/mol. The molecule has 0 bridgehead atoms. The van der Waals surface area contributed by atoms with Gasteiger partial charge in [-0.15, -0.1) is 0 Å². The van der Waals surface area contributed by atoms with E-state index in [4.69, 9.17) is 9.32 Å².